The molecule has 0 amide bonds. The lowest BCUT2D eigenvalue weighted by atomic mass is 10.1. The Morgan fingerprint density at radius 3 is 2.62 bits per heavy atom. The number of allylic oxidation sites excluding steroid dienone is 2. The Morgan fingerprint density at radius 2 is 1.96 bits per heavy atom. The van der Waals surface area contributed by atoms with Crippen molar-refractivity contribution in [1.29, 1.82) is 0 Å². The van der Waals surface area contributed by atoms with Crippen LogP contribution in [0.1, 0.15) is 24.2 Å². The molecule has 6 nitrogen and oxygen atoms in total. The average molecular weight is 356 g/mol. The van der Waals surface area contributed by atoms with Crippen LogP contribution in [0.4, 0.5) is 0 Å². The van der Waals surface area contributed by atoms with Crippen LogP contribution in [0.15, 0.2) is 60.6 Å². The van der Waals surface area contributed by atoms with E-state index in [2.05, 4.69) is 10.3 Å². The molecular formula is C20H24N2O4. The number of aromatic nitrogens is 1. The molecule has 0 saturated heterocycles. The summed E-state index contributed by atoms with van der Waals surface area (Å²) in [7, 11) is 0. The molecule has 0 fully saturated rings. The predicted octanol–water partition coefficient (Wildman–Crippen LogP) is 2.60. The highest BCUT2D eigenvalue weighted by Crippen LogP contribution is 2.26. The molecule has 1 heterocycles. The number of hydrogen-bond acceptors (Lipinski definition) is 6. The molecule has 0 bridgehead atoms. The molecule has 1 aromatic carbocycles. The number of pyridine rings is 1. The number of hydrogen-bond donors (Lipinski definition) is 2. The zero-order chi connectivity index (χ0) is 18.8. The van der Waals surface area contributed by atoms with Gasteiger partial charge in [-0.05, 0) is 38.1 Å². The summed E-state index contributed by atoms with van der Waals surface area (Å²) < 4.78 is 11.1. The monoisotopic (exact) mass is 356 g/mol. The largest absolute Gasteiger partial charge is 0.490 e. The highest BCUT2D eigenvalue weighted by atomic mass is 16.5. The van der Waals surface area contributed by atoms with Gasteiger partial charge >= 0.3 is 0 Å². The Balaban J connectivity index is 1.80. The number of carbonyl (C=O) groups excluding carboxylic acids is 1. The number of ketones is 1. The molecule has 138 valence electrons. The summed E-state index contributed by atoms with van der Waals surface area (Å²) in [5, 5.41) is 13.1. The highest BCUT2D eigenvalue weighted by Gasteiger charge is 2.09. The third-order valence-corrected chi connectivity index (χ3v) is 3.49. The van der Waals surface area contributed by atoms with Crippen molar-refractivity contribution in [2.75, 3.05) is 19.8 Å². The number of rotatable bonds is 10. The minimum absolute atomic E-state index is 0.112. The van der Waals surface area contributed by atoms with Crippen molar-refractivity contribution in [2.24, 2.45) is 0 Å². The van der Waals surface area contributed by atoms with Crippen molar-refractivity contribution in [3.63, 3.8) is 0 Å². The molecule has 1 aromatic heterocycles. The first-order chi connectivity index (χ1) is 12.6. The van der Waals surface area contributed by atoms with Gasteiger partial charge in [-0.25, -0.2) is 0 Å². The maximum absolute atomic E-state index is 12.1. The fourth-order valence-electron chi connectivity index (χ4n) is 2.21. The number of nitrogens with zero attached hydrogens (tertiary/aromatic N) is 1. The Kier molecular flexibility index (Phi) is 7.64. The molecule has 0 aliphatic carbocycles. The third-order valence-electron chi connectivity index (χ3n) is 3.49. The van der Waals surface area contributed by atoms with Crippen molar-refractivity contribution in [1.82, 2.24) is 10.3 Å². The van der Waals surface area contributed by atoms with Crippen LogP contribution in [0, 0.1) is 0 Å². The summed E-state index contributed by atoms with van der Waals surface area (Å²) in [4.78, 5) is 16.0. The van der Waals surface area contributed by atoms with Gasteiger partial charge in [0, 0.05) is 36.3 Å². The quantitative estimate of drug-likeness (QED) is 0.503. The van der Waals surface area contributed by atoms with Crippen molar-refractivity contribution in [3.05, 3.63) is 66.1 Å². The van der Waals surface area contributed by atoms with E-state index in [9.17, 15) is 9.90 Å². The van der Waals surface area contributed by atoms with Crippen LogP contribution in [0.5, 0.6) is 11.5 Å². The number of aliphatic hydroxyl groups is 1. The van der Waals surface area contributed by atoms with Gasteiger partial charge in [0.15, 0.2) is 17.3 Å². The lowest BCUT2D eigenvalue weighted by molar-refractivity contribution is 0.103. The Bertz CT molecular complexity index is 732. The van der Waals surface area contributed by atoms with Crippen LogP contribution >= 0.6 is 0 Å². The van der Waals surface area contributed by atoms with Crippen molar-refractivity contribution >= 4 is 5.78 Å². The first-order valence-electron chi connectivity index (χ1n) is 8.49. The summed E-state index contributed by atoms with van der Waals surface area (Å²) in [6, 6.07) is 10.7. The van der Waals surface area contributed by atoms with Crippen LogP contribution in [0.25, 0.3) is 0 Å². The molecule has 26 heavy (non-hydrogen) atoms. The molecule has 0 radical (unpaired) electrons. The maximum Gasteiger partial charge on any atom is 0.189 e. The van der Waals surface area contributed by atoms with Gasteiger partial charge in [-0.15, -0.1) is 0 Å². The third kappa shape index (κ3) is 6.22. The first kappa shape index (κ1) is 19.5. The number of carbonyl (C=O) groups is 1. The first-order valence-corrected chi connectivity index (χ1v) is 8.49. The Hall–Kier alpha value is -2.86. The maximum atomic E-state index is 12.1. The van der Waals surface area contributed by atoms with Crippen LogP contribution in [-0.4, -0.2) is 41.7 Å². The molecule has 0 spiro atoms. The molecule has 0 aliphatic rings. The molecule has 0 saturated carbocycles. The second kappa shape index (κ2) is 10.2. The second-order valence-electron chi connectivity index (χ2n) is 5.66. The minimum atomic E-state index is -0.735. The van der Waals surface area contributed by atoms with E-state index >= 15 is 0 Å². The van der Waals surface area contributed by atoms with Gasteiger partial charge in [0.1, 0.15) is 12.7 Å². The number of benzene rings is 1. The van der Waals surface area contributed by atoms with Gasteiger partial charge in [0.2, 0.25) is 0 Å². The van der Waals surface area contributed by atoms with E-state index in [0.29, 0.717) is 29.4 Å². The molecule has 1 atom stereocenters. The zero-order valence-corrected chi connectivity index (χ0v) is 15.0. The number of nitrogens with one attached hydrogen (secondary N) is 1. The van der Waals surface area contributed by atoms with E-state index < -0.39 is 6.10 Å². The topological polar surface area (TPSA) is 80.7 Å². The van der Waals surface area contributed by atoms with Crippen LogP contribution in [0.2, 0.25) is 0 Å². The second-order valence-corrected chi connectivity index (χ2v) is 5.66. The smallest absolute Gasteiger partial charge is 0.189 e. The fourth-order valence-corrected chi connectivity index (χ4v) is 2.21. The lowest BCUT2D eigenvalue weighted by Crippen LogP contribution is -2.30. The molecule has 2 N–H and O–H groups in total. The highest BCUT2D eigenvalue weighted by molar-refractivity contribution is 6.04. The van der Waals surface area contributed by atoms with E-state index in [1.807, 2.05) is 25.1 Å². The van der Waals surface area contributed by atoms with E-state index in [0.717, 1.165) is 0 Å². The lowest BCUT2D eigenvalue weighted by Gasteiger charge is -2.16. The standard InChI is InChI=1S/C20H24N2O4/c1-3-25-19-8-4-5-9-20(19)26-14-17(23)13-22-15(2)11-18(24)16-7-6-10-21-12-16/h4-12,17,22-23H,3,13-14H2,1-2H3/b15-11+. The van der Waals surface area contributed by atoms with Gasteiger partial charge in [-0.1, -0.05) is 12.1 Å². The minimum Gasteiger partial charge on any atom is -0.490 e. The number of aliphatic hydroxyl groups excluding tert-OH is 1. The SMILES string of the molecule is CCOc1ccccc1OCC(O)CN/C(C)=C/C(=O)c1cccnc1. The summed E-state index contributed by atoms with van der Waals surface area (Å²) in [5.74, 6) is 1.10. The molecule has 6 heteroatoms. The summed E-state index contributed by atoms with van der Waals surface area (Å²) in [6.07, 6.45) is 3.88. The van der Waals surface area contributed by atoms with Gasteiger partial charge in [-0.2, -0.15) is 0 Å². The van der Waals surface area contributed by atoms with E-state index in [1.165, 1.54) is 12.3 Å². The molecule has 2 rings (SSSR count). The van der Waals surface area contributed by atoms with Gasteiger partial charge in [0.25, 0.3) is 0 Å². The van der Waals surface area contributed by atoms with Crippen LogP contribution in [0.3, 0.4) is 0 Å². The molecular weight excluding hydrogens is 332 g/mol. The van der Waals surface area contributed by atoms with Crippen molar-refractivity contribution in [2.45, 2.75) is 20.0 Å². The van der Waals surface area contributed by atoms with E-state index in [-0.39, 0.29) is 18.9 Å². The molecule has 1 unspecified atom stereocenters. The zero-order valence-electron chi connectivity index (χ0n) is 15.0. The van der Waals surface area contributed by atoms with E-state index in [4.69, 9.17) is 9.47 Å². The molecule has 0 aliphatic heterocycles. The summed E-state index contributed by atoms with van der Waals surface area (Å²) in [5.41, 5.74) is 1.18. The van der Waals surface area contributed by atoms with Crippen LogP contribution < -0.4 is 14.8 Å². The number of ether oxygens (including phenoxy) is 2. The summed E-state index contributed by atoms with van der Waals surface area (Å²) in [6.45, 7) is 4.59. The van der Waals surface area contributed by atoms with Crippen LogP contribution in [-0.2, 0) is 0 Å². The average Bonchev–Trinajstić information content (AvgIpc) is 2.66. The van der Waals surface area contributed by atoms with Crippen molar-refractivity contribution in [3.8, 4) is 11.5 Å². The summed E-state index contributed by atoms with van der Waals surface area (Å²) >= 11 is 0. The van der Waals surface area contributed by atoms with Crippen molar-refractivity contribution < 1.29 is 19.4 Å². The van der Waals surface area contributed by atoms with Gasteiger partial charge in [-0.3, -0.25) is 9.78 Å². The van der Waals surface area contributed by atoms with Gasteiger partial charge in [0.05, 0.1) is 6.61 Å². The Labute approximate surface area is 153 Å². The Morgan fingerprint density at radius 1 is 1.23 bits per heavy atom. The fraction of sp³-hybridized carbons (Fsp3) is 0.300. The van der Waals surface area contributed by atoms with E-state index in [1.54, 1.807) is 31.3 Å². The number of para-hydroxylation sites is 2. The molecule has 2 aromatic rings. The predicted molar refractivity (Wildman–Crippen MR) is 99.4 cm³/mol. The van der Waals surface area contributed by atoms with Gasteiger partial charge < -0.3 is 19.9 Å². The normalized spacial score (nSPS) is 12.3.